The van der Waals surface area contributed by atoms with E-state index in [0.29, 0.717) is 11.6 Å². The van der Waals surface area contributed by atoms with Gasteiger partial charge < -0.3 is 10.1 Å². The van der Waals surface area contributed by atoms with Gasteiger partial charge in [0.05, 0.1) is 12.8 Å². The molecule has 0 aliphatic rings. The predicted octanol–water partition coefficient (Wildman–Crippen LogP) is 3.59. The normalized spacial score (nSPS) is 12.2. The number of pyridine rings is 1. The zero-order valence-electron chi connectivity index (χ0n) is 11.1. The lowest BCUT2D eigenvalue weighted by Crippen LogP contribution is -2.19. The van der Waals surface area contributed by atoms with Gasteiger partial charge in [0.2, 0.25) is 0 Å². The van der Waals surface area contributed by atoms with Gasteiger partial charge in [0.1, 0.15) is 5.75 Å². The van der Waals surface area contributed by atoms with Gasteiger partial charge in [-0.15, -0.1) is 0 Å². The van der Waals surface area contributed by atoms with Crippen molar-refractivity contribution in [3.8, 4) is 5.75 Å². The van der Waals surface area contributed by atoms with Crippen LogP contribution in [0.3, 0.4) is 0 Å². The summed E-state index contributed by atoms with van der Waals surface area (Å²) in [6.07, 6.45) is 1.80. The summed E-state index contributed by atoms with van der Waals surface area (Å²) in [6.45, 7) is 2.76. The van der Waals surface area contributed by atoms with Gasteiger partial charge >= 0.3 is 0 Å². The lowest BCUT2D eigenvalue weighted by atomic mass is 10.1. The molecule has 0 fully saturated rings. The van der Waals surface area contributed by atoms with Crippen molar-refractivity contribution >= 4 is 11.6 Å². The number of hydrogen-bond donors (Lipinski definition) is 1. The average Bonchev–Trinajstić information content (AvgIpc) is 2.46. The Morgan fingerprint density at radius 3 is 2.84 bits per heavy atom. The Morgan fingerprint density at radius 2 is 2.16 bits per heavy atom. The summed E-state index contributed by atoms with van der Waals surface area (Å²) in [5, 5.41) is 4.13. The van der Waals surface area contributed by atoms with Gasteiger partial charge in [-0.05, 0) is 37.3 Å². The van der Waals surface area contributed by atoms with E-state index in [0.717, 1.165) is 17.0 Å². The summed E-state index contributed by atoms with van der Waals surface area (Å²) < 4.78 is 5.32. The van der Waals surface area contributed by atoms with E-state index in [-0.39, 0.29) is 6.04 Å². The summed E-state index contributed by atoms with van der Waals surface area (Å²) in [4.78, 5) is 4.33. The quantitative estimate of drug-likeness (QED) is 0.906. The molecule has 100 valence electrons. The molecular formula is C15H17ClN2O. The van der Waals surface area contributed by atoms with Crippen LogP contribution in [0.25, 0.3) is 0 Å². The van der Waals surface area contributed by atoms with Crippen molar-refractivity contribution in [1.29, 1.82) is 0 Å². The van der Waals surface area contributed by atoms with E-state index in [1.165, 1.54) is 0 Å². The smallest absolute Gasteiger partial charge is 0.123 e. The van der Waals surface area contributed by atoms with Gasteiger partial charge in [-0.3, -0.25) is 4.98 Å². The topological polar surface area (TPSA) is 34.1 Å². The minimum Gasteiger partial charge on any atom is -0.496 e. The SMILES string of the molecule is COc1ccc(Cl)cc1CNC(C)c1ccccn1. The minimum atomic E-state index is 0.171. The first kappa shape index (κ1) is 13.8. The zero-order valence-corrected chi connectivity index (χ0v) is 11.8. The van der Waals surface area contributed by atoms with Crippen molar-refractivity contribution in [2.45, 2.75) is 19.5 Å². The Balaban J connectivity index is 2.04. The zero-order chi connectivity index (χ0) is 13.7. The molecule has 0 amide bonds. The Bertz CT molecular complexity index is 531. The summed E-state index contributed by atoms with van der Waals surface area (Å²) >= 11 is 6.01. The first-order valence-corrected chi connectivity index (χ1v) is 6.55. The highest BCUT2D eigenvalue weighted by molar-refractivity contribution is 6.30. The molecule has 4 heteroatoms. The van der Waals surface area contributed by atoms with Crippen LogP contribution in [0.2, 0.25) is 5.02 Å². The van der Waals surface area contributed by atoms with Crippen molar-refractivity contribution in [1.82, 2.24) is 10.3 Å². The third kappa shape index (κ3) is 3.69. The molecule has 1 aromatic heterocycles. The molecule has 1 atom stereocenters. The Labute approximate surface area is 118 Å². The largest absolute Gasteiger partial charge is 0.496 e. The molecule has 0 saturated carbocycles. The van der Waals surface area contributed by atoms with E-state index in [9.17, 15) is 0 Å². The molecule has 1 heterocycles. The fraction of sp³-hybridized carbons (Fsp3) is 0.267. The van der Waals surface area contributed by atoms with E-state index >= 15 is 0 Å². The van der Waals surface area contributed by atoms with Crippen molar-refractivity contribution in [3.63, 3.8) is 0 Å². The lowest BCUT2D eigenvalue weighted by molar-refractivity contribution is 0.406. The molecular weight excluding hydrogens is 260 g/mol. The highest BCUT2D eigenvalue weighted by Crippen LogP contribution is 2.23. The molecule has 1 unspecified atom stereocenters. The fourth-order valence-corrected chi connectivity index (χ4v) is 2.08. The number of nitrogens with one attached hydrogen (secondary N) is 1. The molecule has 0 aliphatic heterocycles. The van der Waals surface area contributed by atoms with Crippen LogP contribution in [0.1, 0.15) is 24.2 Å². The van der Waals surface area contributed by atoms with Gasteiger partial charge in [0, 0.05) is 29.4 Å². The maximum atomic E-state index is 6.01. The summed E-state index contributed by atoms with van der Waals surface area (Å²) in [6, 6.07) is 11.7. The molecule has 0 aliphatic carbocycles. The molecule has 0 radical (unpaired) electrons. The van der Waals surface area contributed by atoms with Gasteiger partial charge in [0.15, 0.2) is 0 Å². The number of nitrogens with zero attached hydrogens (tertiary/aromatic N) is 1. The standard InChI is InChI=1S/C15H17ClN2O/c1-11(14-5-3-4-8-17-14)18-10-12-9-13(16)6-7-15(12)19-2/h3-9,11,18H,10H2,1-2H3. The van der Waals surface area contributed by atoms with Crippen molar-refractivity contribution in [2.24, 2.45) is 0 Å². The van der Waals surface area contributed by atoms with E-state index in [1.807, 2.05) is 36.4 Å². The van der Waals surface area contributed by atoms with Crippen LogP contribution in [-0.4, -0.2) is 12.1 Å². The van der Waals surface area contributed by atoms with E-state index in [1.54, 1.807) is 13.3 Å². The second kappa shape index (κ2) is 6.55. The lowest BCUT2D eigenvalue weighted by Gasteiger charge is -2.15. The van der Waals surface area contributed by atoms with Crippen LogP contribution in [0, 0.1) is 0 Å². The maximum absolute atomic E-state index is 6.01. The van der Waals surface area contributed by atoms with E-state index in [4.69, 9.17) is 16.3 Å². The van der Waals surface area contributed by atoms with Crippen LogP contribution in [0.15, 0.2) is 42.6 Å². The van der Waals surface area contributed by atoms with Crippen molar-refractivity contribution in [2.75, 3.05) is 7.11 Å². The van der Waals surface area contributed by atoms with E-state index < -0.39 is 0 Å². The van der Waals surface area contributed by atoms with Gasteiger partial charge in [-0.2, -0.15) is 0 Å². The van der Waals surface area contributed by atoms with Gasteiger partial charge in [-0.25, -0.2) is 0 Å². The number of benzene rings is 1. The third-order valence-corrected chi connectivity index (χ3v) is 3.21. The highest BCUT2D eigenvalue weighted by Gasteiger charge is 2.08. The summed E-state index contributed by atoms with van der Waals surface area (Å²) in [7, 11) is 1.66. The minimum absolute atomic E-state index is 0.171. The second-order valence-corrected chi connectivity index (χ2v) is 4.75. The first-order valence-electron chi connectivity index (χ1n) is 6.17. The van der Waals surface area contributed by atoms with Gasteiger partial charge in [0.25, 0.3) is 0 Å². The Morgan fingerprint density at radius 1 is 1.32 bits per heavy atom. The number of methoxy groups -OCH3 is 1. The number of ether oxygens (including phenoxy) is 1. The third-order valence-electron chi connectivity index (χ3n) is 2.97. The van der Waals surface area contributed by atoms with Crippen LogP contribution in [0.5, 0.6) is 5.75 Å². The first-order chi connectivity index (χ1) is 9.20. The predicted molar refractivity (Wildman–Crippen MR) is 77.5 cm³/mol. The van der Waals surface area contributed by atoms with Crippen LogP contribution < -0.4 is 10.1 Å². The maximum Gasteiger partial charge on any atom is 0.123 e. The number of rotatable bonds is 5. The molecule has 1 N–H and O–H groups in total. The molecule has 2 aromatic rings. The summed E-state index contributed by atoms with van der Waals surface area (Å²) in [5.41, 5.74) is 2.06. The van der Waals surface area contributed by atoms with Gasteiger partial charge in [-0.1, -0.05) is 17.7 Å². The number of hydrogen-bond acceptors (Lipinski definition) is 3. The molecule has 2 rings (SSSR count). The monoisotopic (exact) mass is 276 g/mol. The Kier molecular flexibility index (Phi) is 4.77. The molecule has 0 bridgehead atoms. The molecule has 3 nitrogen and oxygen atoms in total. The average molecular weight is 277 g/mol. The second-order valence-electron chi connectivity index (χ2n) is 4.31. The Hall–Kier alpha value is -1.58. The number of halogens is 1. The summed E-state index contributed by atoms with van der Waals surface area (Å²) in [5.74, 6) is 0.838. The molecule has 0 saturated heterocycles. The van der Waals surface area contributed by atoms with E-state index in [2.05, 4.69) is 17.2 Å². The van der Waals surface area contributed by atoms with Crippen molar-refractivity contribution in [3.05, 3.63) is 58.9 Å². The van der Waals surface area contributed by atoms with Crippen LogP contribution in [-0.2, 0) is 6.54 Å². The molecule has 1 aromatic carbocycles. The highest BCUT2D eigenvalue weighted by atomic mass is 35.5. The fourth-order valence-electron chi connectivity index (χ4n) is 1.89. The van der Waals surface area contributed by atoms with Crippen LogP contribution >= 0.6 is 11.6 Å². The number of aromatic nitrogens is 1. The molecule has 0 spiro atoms. The van der Waals surface area contributed by atoms with Crippen molar-refractivity contribution < 1.29 is 4.74 Å². The molecule has 19 heavy (non-hydrogen) atoms. The van der Waals surface area contributed by atoms with Crippen LogP contribution in [0.4, 0.5) is 0 Å².